The Morgan fingerprint density at radius 1 is 0.919 bits per heavy atom. The van der Waals surface area contributed by atoms with Gasteiger partial charge in [0.15, 0.2) is 0 Å². The van der Waals surface area contributed by atoms with E-state index in [1.54, 1.807) is 50.4 Å². The molecule has 202 valence electrons. The molecule has 2 saturated heterocycles. The molecule has 0 spiro atoms. The molecule has 0 unspecified atom stereocenters. The van der Waals surface area contributed by atoms with Crippen LogP contribution < -0.4 is 10.1 Å². The second-order valence-electron chi connectivity index (χ2n) is 9.63. The molecule has 37 heavy (non-hydrogen) atoms. The van der Waals surface area contributed by atoms with Gasteiger partial charge in [-0.15, -0.1) is 0 Å². The van der Waals surface area contributed by atoms with Gasteiger partial charge in [0.1, 0.15) is 5.75 Å². The lowest BCUT2D eigenvalue weighted by Crippen LogP contribution is -2.45. The van der Waals surface area contributed by atoms with Crippen molar-refractivity contribution in [2.24, 2.45) is 5.92 Å². The van der Waals surface area contributed by atoms with E-state index in [0.29, 0.717) is 51.2 Å². The Labute approximate surface area is 219 Å². The molecule has 11 heteroatoms. The molecule has 2 aliphatic rings. The van der Waals surface area contributed by atoms with Gasteiger partial charge >= 0.3 is 0 Å². The number of rotatable bonds is 9. The van der Waals surface area contributed by atoms with E-state index in [1.807, 2.05) is 0 Å². The molecule has 0 bridgehead atoms. The van der Waals surface area contributed by atoms with Crippen LogP contribution in [0.15, 0.2) is 52.3 Å². The monoisotopic (exact) mass is 549 g/mol. The fraction of sp³-hybridized carbons (Fsp3) is 0.500. The molecule has 2 aromatic rings. The maximum atomic E-state index is 13.2. The minimum Gasteiger partial charge on any atom is -0.496 e. The summed E-state index contributed by atoms with van der Waals surface area (Å²) in [6, 6.07) is 11.6. The van der Waals surface area contributed by atoms with Gasteiger partial charge in [-0.25, -0.2) is 16.8 Å². The third kappa shape index (κ3) is 6.17. The summed E-state index contributed by atoms with van der Waals surface area (Å²) in [6.45, 7) is 3.83. The van der Waals surface area contributed by atoms with Crippen LogP contribution in [0.2, 0.25) is 0 Å². The lowest BCUT2D eigenvalue weighted by Gasteiger charge is -2.31. The van der Waals surface area contributed by atoms with Gasteiger partial charge in [0.25, 0.3) is 0 Å². The zero-order valence-electron chi connectivity index (χ0n) is 21.4. The van der Waals surface area contributed by atoms with Crippen molar-refractivity contribution < 1.29 is 26.4 Å². The number of amides is 1. The van der Waals surface area contributed by atoms with Crippen LogP contribution in [0.3, 0.4) is 0 Å². The summed E-state index contributed by atoms with van der Waals surface area (Å²) in [5, 5.41) is 2.92. The molecular formula is C26H35N3O6S2. The summed E-state index contributed by atoms with van der Waals surface area (Å²) in [6.07, 6.45) is 3.57. The number of benzene rings is 2. The molecule has 1 N–H and O–H groups in total. The molecule has 0 saturated carbocycles. The first kappa shape index (κ1) is 27.6. The van der Waals surface area contributed by atoms with Crippen LogP contribution in [0.4, 0.5) is 0 Å². The van der Waals surface area contributed by atoms with Crippen LogP contribution in [-0.4, -0.2) is 71.2 Å². The summed E-state index contributed by atoms with van der Waals surface area (Å²) in [4.78, 5) is 13.3. The summed E-state index contributed by atoms with van der Waals surface area (Å²) < 4.78 is 59.9. The number of piperidine rings is 1. The molecule has 1 atom stereocenters. The number of aryl methyl sites for hydroxylation is 1. The summed E-state index contributed by atoms with van der Waals surface area (Å²) in [5.41, 5.74) is 1.65. The Hall–Kier alpha value is -2.47. The number of hydrogen-bond acceptors (Lipinski definition) is 6. The quantitative estimate of drug-likeness (QED) is 0.514. The highest BCUT2D eigenvalue weighted by atomic mass is 32.2. The van der Waals surface area contributed by atoms with Crippen molar-refractivity contribution in [2.75, 3.05) is 39.8 Å². The van der Waals surface area contributed by atoms with Crippen LogP contribution in [0.25, 0.3) is 0 Å². The first-order valence-electron chi connectivity index (χ1n) is 12.6. The van der Waals surface area contributed by atoms with Crippen LogP contribution in [0.5, 0.6) is 5.75 Å². The fourth-order valence-corrected chi connectivity index (χ4v) is 8.04. The largest absolute Gasteiger partial charge is 0.496 e. The van der Waals surface area contributed by atoms with Crippen molar-refractivity contribution >= 4 is 26.0 Å². The van der Waals surface area contributed by atoms with Crippen LogP contribution >= 0.6 is 0 Å². The number of carbonyl (C=O) groups is 1. The van der Waals surface area contributed by atoms with Gasteiger partial charge in [0.05, 0.1) is 22.8 Å². The fourth-order valence-electron chi connectivity index (χ4n) is 4.92. The Bertz CT molecular complexity index is 1320. The lowest BCUT2D eigenvalue weighted by atomic mass is 9.99. The highest BCUT2D eigenvalue weighted by molar-refractivity contribution is 7.89. The maximum Gasteiger partial charge on any atom is 0.243 e. The smallest absolute Gasteiger partial charge is 0.243 e. The lowest BCUT2D eigenvalue weighted by molar-refractivity contribution is -0.126. The Morgan fingerprint density at radius 3 is 2.19 bits per heavy atom. The molecule has 0 aliphatic carbocycles. The topological polar surface area (TPSA) is 113 Å². The van der Waals surface area contributed by atoms with Gasteiger partial charge in [-0.1, -0.05) is 12.1 Å². The summed E-state index contributed by atoms with van der Waals surface area (Å²) in [5.74, 6) is 0.0348. The van der Waals surface area contributed by atoms with Crippen molar-refractivity contribution in [1.82, 2.24) is 13.9 Å². The molecule has 0 radical (unpaired) electrons. The predicted octanol–water partition coefficient (Wildman–Crippen LogP) is 2.55. The average Bonchev–Trinajstić information content (AvgIpc) is 3.45. The molecule has 9 nitrogen and oxygen atoms in total. The van der Waals surface area contributed by atoms with Crippen molar-refractivity contribution in [3.8, 4) is 5.75 Å². The third-order valence-corrected chi connectivity index (χ3v) is 10.9. The van der Waals surface area contributed by atoms with Gasteiger partial charge in [0.2, 0.25) is 26.0 Å². The maximum absolute atomic E-state index is 13.2. The van der Waals surface area contributed by atoms with Gasteiger partial charge in [-0.2, -0.15) is 8.61 Å². The van der Waals surface area contributed by atoms with Gasteiger partial charge < -0.3 is 10.1 Å². The number of ether oxygens (including phenoxy) is 1. The number of nitrogens with one attached hydrogen (secondary N) is 1. The number of sulfonamides is 2. The molecule has 2 aliphatic heterocycles. The van der Waals surface area contributed by atoms with E-state index in [0.717, 1.165) is 24.0 Å². The minimum atomic E-state index is -3.72. The predicted molar refractivity (Wildman–Crippen MR) is 140 cm³/mol. The molecule has 1 amide bonds. The second kappa shape index (κ2) is 11.5. The van der Waals surface area contributed by atoms with Crippen molar-refractivity contribution in [3.63, 3.8) is 0 Å². The van der Waals surface area contributed by atoms with E-state index in [1.165, 1.54) is 14.7 Å². The van der Waals surface area contributed by atoms with Gasteiger partial charge in [-0.05, 0) is 80.5 Å². The molecule has 2 aromatic carbocycles. The van der Waals surface area contributed by atoms with Crippen LogP contribution in [0.1, 0.15) is 36.8 Å². The number of methoxy groups -OCH3 is 1. The highest BCUT2D eigenvalue weighted by Gasteiger charge is 2.33. The van der Waals surface area contributed by atoms with Crippen molar-refractivity contribution in [2.45, 2.75) is 48.8 Å². The number of nitrogens with zero attached hydrogens (tertiary/aromatic N) is 2. The van der Waals surface area contributed by atoms with Crippen molar-refractivity contribution in [1.29, 1.82) is 0 Å². The minimum absolute atomic E-state index is 0.141. The summed E-state index contributed by atoms with van der Waals surface area (Å²) in [7, 11) is -5.62. The molecule has 2 heterocycles. The second-order valence-corrected chi connectivity index (χ2v) is 13.5. The SMILES string of the molecule is COc1ccc(S(=O)(=O)N2CCC[C@@H](C(=O)NCCc3ccc(S(=O)(=O)N4CCCC4)cc3)C2)cc1C. The third-order valence-electron chi connectivity index (χ3n) is 7.10. The number of hydrogen-bond donors (Lipinski definition) is 1. The van der Waals surface area contributed by atoms with E-state index >= 15 is 0 Å². The molecule has 4 rings (SSSR count). The molecule has 0 aromatic heterocycles. The highest BCUT2D eigenvalue weighted by Crippen LogP contribution is 2.27. The Balaban J connectivity index is 1.31. The molecule has 2 fully saturated rings. The zero-order valence-corrected chi connectivity index (χ0v) is 23.0. The number of carbonyl (C=O) groups excluding carboxylic acids is 1. The summed E-state index contributed by atoms with van der Waals surface area (Å²) >= 11 is 0. The van der Waals surface area contributed by atoms with Crippen LogP contribution in [-0.2, 0) is 31.3 Å². The molecular weight excluding hydrogens is 514 g/mol. The standard InChI is InChI=1S/C26H35N3O6S2/c1-20-18-24(11-12-25(20)35-2)37(33,34)29-17-5-6-22(19-29)26(30)27-14-13-21-7-9-23(10-8-21)36(31,32)28-15-3-4-16-28/h7-12,18,22H,3-6,13-17,19H2,1-2H3,(H,27,30)/t22-/m1/s1. The van der Waals surface area contributed by atoms with E-state index in [9.17, 15) is 21.6 Å². The van der Waals surface area contributed by atoms with E-state index < -0.39 is 26.0 Å². The zero-order chi connectivity index (χ0) is 26.6. The van der Waals surface area contributed by atoms with Crippen molar-refractivity contribution in [3.05, 3.63) is 53.6 Å². The average molecular weight is 550 g/mol. The normalized spacial score (nSPS) is 19.6. The Kier molecular flexibility index (Phi) is 8.57. The van der Waals surface area contributed by atoms with Gasteiger partial charge in [-0.3, -0.25) is 4.79 Å². The van der Waals surface area contributed by atoms with E-state index in [2.05, 4.69) is 5.32 Å². The first-order valence-corrected chi connectivity index (χ1v) is 15.5. The van der Waals surface area contributed by atoms with E-state index in [4.69, 9.17) is 4.74 Å². The van der Waals surface area contributed by atoms with Gasteiger partial charge in [0, 0.05) is 32.7 Å². The first-order chi connectivity index (χ1) is 17.6. The van der Waals surface area contributed by atoms with Crippen LogP contribution in [0, 0.1) is 12.8 Å². The Morgan fingerprint density at radius 2 is 1.54 bits per heavy atom. The van der Waals surface area contributed by atoms with E-state index in [-0.39, 0.29) is 22.2 Å².